The van der Waals surface area contributed by atoms with Crippen molar-refractivity contribution in [2.75, 3.05) is 13.2 Å². The van der Waals surface area contributed by atoms with Gasteiger partial charge in [0.15, 0.2) is 0 Å². The van der Waals surface area contributed by atoms with E-state index in [-0.39, 0.29) is 30.3 Å². The molecule has 0 heterocycles. The van der Waals surface area contributed by atoms with Gasteiger partial charge in [0.2, 0.25) is 0 Å². The van der Waals surface area contributed by atoms with Crippen LogP contribution in [-0.2, 0) is 14.3 Å². The molecule has 0 spiro atoms. The minimum absolute atomic E-state index is 0.0147. The number of ether oxygens (including phenoxy) is 2. The minimum Gasteiger partial charge on any atom is -0.478 e. The summed E-state index contributed by atoms with van der Waals surface area (Å²) in [5, 5.41) is 9.11. The summed E-state index contributed by atoms with van der Waals surface area (Å²) in [5.74, 6) is -2.23. The molecular formula is C28H44O6. The number of hydrogen-bond donors (Lipinski definition) is 1. The Balaban J connectivity index is 1.92. The van der Waals surface area contributed by atoms with Crippen LogP contribution in [0, 0.1) is 0 Å². The topological polar surface area (TPSA) is 89.9 Å². The predicted octanol–water partition coefficient (Wildman–Crippen LogP) is 7.35. The van der Waals surface area contributed by atoms with Gasteiger partial charge >= 0.3 is 17.9 Å². The monoisotopic (exact) mass is 476 g/mol. The molecule has 6 nitrogen and oxygen atoms in total. The standard InChI is InChI=1S/C28H44O6/c1-2-3-4-5-6-7-8-9-10-11-12-13-14-15-16-21-26(29)33-22-23-34-28(32)25-20-18-17-19-24(25)27(30)31/h17-20H,2-16,21-23H2,1H3,(H,30,31). The summed E-state index contributed by atoms with van der Waals surface area (Å²) in [7, 11) is 0. The van der Waals surface area contributed by atoms with Gasteiger partial charge in [-0.2, -0.15) is 0 Å². The van der Waals surface area contributed by atoms with Gasteiger partial charge in [-0.3, -0.25) is 4.79 Å². The third-order valence-corrected chi connectivity index (χ3v) is 5.94. The Hall–Kier alpha value is -2.37. The molecule has 0 aromatic heterocycles. The molecule has 0 saturated carbocycles. The van der Waals surface area contributed by atoms with Crippen LogP contribution in [-0.4, -0.2) is 36.2 Å². The van der Waals surface area contributed by atoms with Gasteiger partial charge in [-0.25, -0.2) is 9.59 Å². The Morgan fingerprint density at radius 2 is 1.09 bits per heavy atom. The third kappa shape index (κ3) is 14.7. The average molecular weight is 477 g/mol. The van der Waals surface area contributed by atoms with E-state index in [1.54, 1.807) is 12.1 Å². The number of benzene rings is 1. The number of hydrogen-bond acceptors (Lipinski definition) is 5. The van der Waals surface area contributed by atoms with Crippen LogP contribution in [0.1, 0.15) is 130 Å². The summed E-state index contributed by atoms with van der Waals surface area (Å²) in [4.78, 5) is 35.0. The summed E-state index contributed by atoms with van der Waals surface area (Å²) in [6.45, 7) is 2.13. The van der Waals surface area contributed by atoms with Gasteiger partial charge in [0, 0.05) is 6.42 Å². The molecule has 0 saturated heterocycles. The van der Waals surface area contributed by atoms with Crippen molar-refractivity contribution in [2.45, 2.75) is 110 Å². The van der Waals surface area contributed by atoms with Crippen molar-refractivity contribution in [1.29, 1.82) is 0 Å². The fraction of sp³-hybridized carbons (Fsp3) is 0.679. The fourth-order valence-corrected chi connectivity index (χ4v) is 3.93. The van der Waals surface area contributed by atoms with Crippen LogP contribution in [0.3, 0.4) is 0 Å². The third-order valence-electron chi connectivity index (χ3n) is 5.94. The quantitative estimate of drug-likeness (QED) is 0.147. The van der Waals surface area contributed by atoms with Crippen molar-refractivity contribution in [2.24, 2.45) is 0 Å². The number of carbonyl (C=O) groups excluding carboxylic acids is 2. The molecule has 0 unspecified atom stereocenters. The van der Waals surface area contributed by atoms with Gasteiger partial charge in [-0.1, -0.05) is 109 Å². The van der Waals surface area contributed by atoms with Crippen LogP contribution in [0.25, 0.3) is 0 Å². The number of unbranched alkanes of at least 4 members (excludes halogenated alkanes) is 14. The van der Waals surface area contributed by atoms with E-state index in [0.717, 1.165) is 19.3 Å². The summed E-state index contributed by atoms with van der Waals surface area (Å²) in [5.41, 5.74) is -0.128. The normalized spacial score (nSPS) is 10.7. The lowest BCUT2D eigenvalue weighted by Crippen LogP contribution is -2.16. The molecule has 1 rings (SSSR count). The summed E-state index contributed by atoms with van der Waals surface area (Å²) >= 11 is 0. The molecule has 0 aliphatic carbocycles. The van der Waals surface area contributed by atoms with Crippen LogP contribution >= 0.6 is 0 Å². The van der Waals surface area contributed by atoms with Gasteiger partial charge in [0.1, 0.15) is 13.2 Å². The molecule has 1 aromatic carbocycles. The molecule has 0 radical (unpaired) electrons. The lowest BCUT2D eigenvalue weighted by Gasteiger charge is -2.08. The number of carbonyl (C=O) groups is 3. The van der Waals surface area contributed by atoms with E-state index in [4.69, 9.17) is 14.6 Å². The lowest BCUT2D eigenvalue weighted by atomic mass is 10.0. The summed E-state index contributed by atoms with van der Waals surface area (Å²) in [6.07, 6.45) is 19.5. The molecule has 0 bridgehead atoms. The van der Waals surface area contributed by atoms with E-state index >= 15 is 0 Å². The summed E-state index contributed by atoms with van der Waals surface area (Å²) in [6, 6.07) is 5.85. The second-order valence-corrected chi connectivity index (χ2v) is 8.91. The molecule has 192 valence electrons. The first-order valence-electron chi connectivity index (χ1n) is 13.2. The first-order chi connectivity index (χ1) is 16.6. The van der Waals surface area contributed by atoms with Crippen LogP contribution < -0.4 is 0 Å². The Kier molecular flexibility index (Phi) is 17.5. The van der Waals surface area contributed by atoms with Crippen molar-refractivity contribution >= 4 is 17.9 Å². The Morgan fingerprint density at radius 1 is 0.647 bits per heavy atom. The van der Waals surface area contributed by atoms with E-state index in [0.29, 0.717) is 6.42 Å². The number of aromatic carboxylic acids is 1. The molecule has 0 atom stereocenters. The van der Waals surface area contributed by atoms with Gasteiger partial charge < -0.3 is 14.6 Å². The molecule has 0 fully saturated rings. The second-order valence-electron chi connectivity index (χ2n) is 8.91. The molecule has 1 aromatic rings. The van der Waals surface area contributed by atoms with E-state index in [9.17, 15) is 14.4 Å². The SMILES string of the molecule is CCCCCCCCCCCCCCCCCC(=O)OCCOC(=O)c1ccccc1C(=O)O. The maximum absolute atomic E-state index is 12.0. The average Bonchev–Trinajstić information content (AvgIpc) is 2.84. The zero-order valence-electron chi connectivity index (χ0n) is 21.0. The largest absolute Gasteiger partial charge is 0.478 e. The smallest absolute Gasteiger partial charge is 0.339 e. The lowest BCUT2D eigenvalue weighted by molar-refractivity contribution is -0.144. The number of rotatable bonds is 21. The van der Waals surface area contributed by atoms with E-state index < -0.39 is 11.9 Å². The highest BCUT2D eigenvalue weighted by molar-refractivity contribution is 6.02. The Bertz CT molecular complexity index is 700. The molecule has 6 heteroatoms. The van der Waals surface area contributed by atoms with Crippen LogP contribution in [0.15, 0.2) is 24.3 Å². The molecule has 34 heavy (non-hydrogen) atoms. The molecule has 0 aliphatic heterocycles. The van der Waals surface area contributed by atoms with Crippen molar-refractivity contribution in [3.05, 3.63) is 35.4 Å². The zero-order valence-corrected chi connectivity index (χ0v) is 21.0. The Morgan fingerprint density at radius 3 is 1.59 bits per heavy atom. The van der Waals surface area contributed by atoms with Crippen molar-refractivity contribution in [1.82, 2.24) is 0 Å². The number of esters is 2. The minimum atomic E-state index is -1.19. The molecule has 1 N–H and O–H groups in total. The maximum atomic E-state index is 12.0. The highest BCUT2D eigenvalue weighted by Crippen LogP contribution is 2.14. The van der Waals surface area contributed by atoms with Crippen LogP contribution in [0.5, 0.6) is 0 Å². The molecular weight excluding hydrogens is 432 g/mol. The summed E-state index contributed by atoms with van der Waals surface area (Å²) < 4.78 is 10.1. The van der Waals surface area contributed by atoms with Crippen molar-refractivity contribution in [3.63, 3.8) is 0 Å². The highest BCUT2D eigenvalue weighted by Gasteiger charge is 2.17. The van der Waals surface area contributed by atoms with E-state index in [1.807, 2.05) is 0 Å². The number of carboxylic acids is 1. The van der Waals surface area contributed by atoms with Gasteiger partial charge in [0.25, 0.3) is 0 Å². The van der Waals surface area contributed by atoms with Crippen LogP contribution in [0.4, 0.5) is 0 Å². The number of carboxylic acid groups (broad SMARTS) is 1. The van der Waals surface area contributed by atoms with Crippen LogP contribution in [0.2, 0.25) is 0 Å². The van der Waals surface area contributed by atoms with Crippen molar-refractivity contribution in [3.8, 4) is 0 Å². The Labute approximate surface area is 205 Å². The first-order valence-corrected chi connectivity index (χ1v) is 13.2. The fourth-order valence-electron chi connectivity index (χ4n) is 3.93. The molecule has 0 amide bonds. The van der Waals surface area contributed by atoms with Gasteiger partial charge in [0.05, 0.1) is 11.1 Å². The molecule has 0 aliphatic rings. The van der Waals surface area contributed by atoms with E-state index in [2.05, 4.69) is 6.92 Å². The second kappa shape index (κ2) is 20.0. The highest BCUT2D eigenvalue weighted by atomic mass is 16.6. The predicted molar refractivity (Wildman–Crippen MR) is 134 cm³/mol. The van der Waals surface area contributed by atoms with E-state index in [1.165, 1.54) is 89.2 Å². The maximum Gasteiger partial charge on any atom is 0.339 e. The zero-order chi connectivity index (χ0) is 24.9. The first kappa shape index (κ1) is 29.7. The van der Waals surface area contributed by atoms with Gasteiger partial charge in [-0.05, 0) is 18.6 Å². The van der Waals surface area contributed by atoms with Gasteiger partial charge in [-0.15, -0.1) is 0 Å². The van der Waals surface area contributed by atoms with Crippen molar-refractivity contribution < 1.29 is 29.0 Å².